The molecule has 0 aliphatic heterocycles. The Labute approximate surface area is 83.9 Å². The molecule has 0 fully saturated rings. The molecule has 0 aromatic heterocycles. The zero-order valence-corrected chi connectivity index (χ0v) is 7.42. The highest BCUT2D eigenvalue weighted by molar-refractivity contribution is 5.76. The lowest BCUT2D eigenvalue weighted by Crippen LogP contribution is -2.04. The lowest BCUT2D eigenvalue weighted by molar-refractivity contribution is -0.137. The number of hydrogen-bond acceptors (Lipinski definition) is 2. The Morgan fingerprint density at radius 1 is 1.40 bits per heavy atom. The maximum absolute atomic E-state index is 12.3. The van der Waals surface area contributed by atoms with Crippen LogP contribution in [0.2, 0.25) is 0 Å². The molecule has 0 aliphatic carbocycles. The molecule has 0 radical (unpaired) electrons. The third-order valence-electron chi connectivity index (χ3n) is 1.75. The minimum absolute atomic E-state index is 0.0369. The molecule has 0 saturated heterocycles. The predicted octanol–water partition coefficient (Wildman–Crippen LogP) is 3.13. The lowest BCUT2D eigenvalue weighted by atomic mass is 10.1. The number of alkyl halides is 3. The van der Waals surface area contributed by atoms with E-state index in [0.29, 0.717) is 6.26 Å². The molecule has 1 aromatic rings. The SMILES string of the molecule is N#C/C(=C\O)c1cccc(C(F)(F)F)c1. The van der Waals surface area contributed by atoms with Gasteiger partial charge in [-0.25, -0.2) is 0 Å². The van der Waals surface area contributed by atoms with Crippen LogP contribution in [0.4, 0.5) is 13.2 Å². The third kappa shape index (κ3) is 2.50. The zero-order valence-electron chi connectivity index (χ0n) is 7.42. The molecule has 2 nitrogen and oxygen atoms in total. The van der Waals surface area contributed by atoms with Crippen molar-refractivity contribution in [2.45, 2.75) is 6.18 Å². The van der Waals surface area contributed by atoms with E-state index in [0.717, 1.165) is 12.1 Å². The van der Waals surface area contributed by atoms with Crippen molar-refractivity contribution in [3.05, 3.63) is 41.7 Å². The van der Waals surface area contributed by atoms with Crippen LogP contribution in [0, 0.1) is 11.3 Å². The highest BCUT2D eigenvalue weighted by atomic mass is 19.4. The van der Waals surface area contributed by atoms with E-state index in [1.165, 1.54) is 12.1 Å². The van der Waals surface area contributed by atoms with Crippen molar-refractivity contribution < 1.29 is 18.3 Å². The Hall–Kier alpha value is -1.96. The molecule has 0 heterocycles. The smallest absolute Gasteiger partial charge is 0.416 e. The van der Waals surface area contributed by atoms with Crippen LogP contribution in [0.1, 0.15) is 11.1 Å². The summed E-state index contributed by atoms with van der Waals surface area (Å²) in [5.41, 5.74) is -1.02. The number of nitriles is 1. The van der Waals surface area contributed by atoms with Crippen molar-refractivity contribution in [3.8, 4) is 6.07 Å². The van der Waals surface area contributed by atoms with Crippen molar-refractivity contribution in [2.75, 3.05) is 0 Å². The first-order valence-corrected chi connectivity index (χ1v) is 3.91. The summed E-state index contributed by atoms with van der Waals surface area (Å²) in [6, 6.07) is 5.80. The van der Waals surface area contributed by atoms with Crippen molar-refractivity contribution in [2.24, 2.45) is 0 Å². The molecule has 0 atom stereocenters. The van der Waals surface area contributed by atoms with Gasteiger partial charge in [0.25, 0.3) is 0 Å². The number of rotatable bonds is 1. The Bertz CT molecular complexity index is 429. The van der Waals surface area contributed by atoms with Gasteiger partial charge in [0.05, 0.1) is 17.4 Å². The average molecular weight is 213 g/mol. The molecule has 15 heavy (non-hydrogen) atoms. The van der Waals surface area contributed by atoms with Crippen LogP contribution in [0.15, 0.2) is 30.5 Å². The van der Waals surface area contributed by atoms with E-state index in [9.17, 15) is 13.2 Å². The number of allylic oxidation sites excluding steroid dienone is 1. The maximum Gasteiger partial charge on any atom is 0.416 e. The molecule has 78 valence electrons. The van der Waals surface area contributed by atoms with Crippen molar-refractivity contribution in [1.29, 1.82) is 5.26 Å². The Morgan fingerprint density at radius 3 is 2.53 bits per heavy atom. The van der Waals surface area contributed by atoms with Gasteiger partial charge in [-0.1, -0.05) is 12.1 Å². The molecule has 0 unspecified atom stereocenters. The van der Waals surface area contributed by atoms with Gasteiger partial charge in [-0.05, 0) is 17.7 Å². The van der Waals surface area contributed by atoms with E-state index in [2.05, 4.69) is 0 Å². The molecule has 5 heteroatoms. The fourth-order valence-electron chi connectivity index (χ4n) is 1.03. The second-order valence-electron chi connectivity index (χ2n) is 2.73. The van der Waals surface area contributed by atoms with E-state index in [1.54, 1.807) is 6.07 Å². The molecule has 0 aliphatic rings. The van der Waals surface area contributed by atoms with Crippen molar-refractivity contribution in [3.63, 3.8) is 0 Å². The first kappa shape index (κ1) is 11.1. The fourth-order valence-corrected chi connectivity index (χ4v) is 1.03. The van der Waals surface area contributed by atoms with Crippen LogP contribution in [0.3, 0.4) is 0 Å². The molecule has 1 N–H and O–H groups in total. The number of benzene rings is 1. The van der Waals surface area contributed by atoms with E-state index in [-0.39, 0.29) is 11.1 Å². The zero-order chi connectivity index (χ0) is 11.5. The summed E-state index contributed by atoms with van der Waals surface area (Å²) in [6.45, 7) is 0. The van der Waals surface area contributed by atoms with Gasteiger partial charge in [-0.2, -0.15) is 18.4 Å². The number of halogens is 3. The highest BCUT2D eigenvalue weighted by Crippen LogP contribution is 2.30. The third-order valence-corrected chi connectivity index (χ3v) is 1.75. The van der Waals surface area contributed by atoms with Gasteiger partial charge >= 0.3 is 6.18 Å². The summed E-state index contributed by atoms with van der Waals surface area (Å²) in [6.07, 6.45) is -3.97. The molecule has 0 saturated carbocycles. The highest BCUT2D eigenvalue weighted by Gasteiger charge is 2.30. The van der Waals surface area contributed by atoms with Crippen LogP contribution in [-0.4, -0.2) is 5.11 Å². The van der Waals surface area contributed by atoms with E-state index in [4.69, 9.17) is 10.4 Å². The normalized spacial score (nSPS) is 12.3. The molecule has 0 bridgehead atoms. The van der Waals surface area contributed by atoms with Gasteiger partial charge in [-0.3, -0.25) is 0 Å². The van der Waals surface area contributed by atoms with Crippen LogP contribution in [0.25, 0.3) is 5.57 Å². The van der Waals surface area contributed by atoms with Gasteiger partial charge in [0.1, 0.15) is 6.07 Å². The van der Waals surface area contributed by atoms with Gasteiger partial charge in [0.15, 0.2) is 0 Å². The predicted molar refractivity (Wildman–Crippen MR) is 47.7 cm³/mol. The monoisotopic (exact) mass is 213 g/mol. The van der Waals surface area contributed by atoms with E-state index >= 15 is 0 Å². The largest absolute Gasteiger partial charge is 0.514 e. The number of nitrogens with zero attached hydrogens (tertiary/aromatic N) is 1. The van der Waals surface area contributed by atoms with Crippen LogP contribution >= 0.6 is 0 Å². The fraction of sp³-hybridized carbons (Fsp3) is 0.100. The molecule has 0 amide bonds. The summed E-state index contributed by atoms with van der Waals surface area (Å²) in [4.78, 5) is 0. The summed E-state index contributed by atoms with van der Waals surface area (Å²) in [5.74, 6) is 0. The Balaban J connectivity index is 3.21. The second kappa shape index (κ2) is 4.05. The molecule has 0 spiro atoms. The van der Waals surface area contributed by atoms with Crippen LogP contribution < -0.4 is 0 Å². The summed E-state index contributed by atoms with van der Waals surface area (Å²) in [7, 11) is 0. The molecular formula is C10H6F3NO. The van der Waals surface area contributed by atoms with Crippen LogP contribution in [0.5, 0.6) is 0 Å². The topological polar surface area (TPSA) is 44.0 Å². The van der Waals surface area contributed by atoms with E-state index < -0.39 is 11.7 Å². The first-order valence-electron chi connectivity index (χ1n) is 3.91. The van der Waals surface area contributed by atoms with Gasteiger partial charge in [0, 0.05) is 0 Å². The average Bonchev–Trinajstić information content (AvgIpc) is 2.19. The molecule has 1 aromatic carbocycles. The Kier molecular flexibility index (Phi) is 3.00. The minimum atomic E-state index is -4.45. The lowest BCUT2D eigenvalue weighted by Gasteiger charge is -2.07. The Morgan fingerprint density at radius 2 is 2.07 bits per heavy atom. The quantitative estimate of drug-likeness (QED) is 0.575. The standard InChI is InChI=1S/C10H6F3NO/c11-10(12,13)9-3-1-2-7(4-9)8(5-14)6-15/h1-4,6,15H/b8-6+. The summed E-state index contributed by atoms with van der Waals surface area (Å²) >= 11 is 0. The van der Waals surface area contributed by atoms with Crippen molar-refractivity contribution in [1.82, 2.24) is 0 Å². The van der Waals surface area contributed by atoms with Gasteiger partial charge < -0.3 is 5.11 Å². The summed E-state index contributed by atoms with van der Waals surface area (Å²) in [5, 5.41) is 17.1. The number of aliphatic hydroxyl groups excluding tert-OH is 1. The van der Waals surface area contributed by atoms with Gasteiger partial charge in [0.2, 0.25) is 0 Å². The summed E-state index contributed by atoms with van der Waals surface area (Å²) < 4.78 is 36.8. The maximum atomic E-state index is 12.3. The second-order valence-corrected chi connectivity index (χ2v) is 2.73. The van der Waals surface area contributed by atoms with Crippen molar-refractivity contribution >= 4 is 5.57 Å². The van der Waals surface area contributed by atoms with E-state index in [1.807, 2.05) is 0 Å². The number of hydrogen-bond donors (Lipinski definition) is 1. The minimum Gasteiger partial charge on any atom is -0.514 e. The molecular weight excluding hydrogens is 207 g/mol. The molecule has 1 rings (SSSR count). The number of aliphatic hydroxyl groups is 1. The van der Waals surface area contributed by atoms with Gasteiger partial charge in [-0.15, -0.1) is 0 Å². The van der Waals surface area contributed by atoms with Crippen LogP contribution in [-0.2, 0) is 6.18 Å². The first-order chi connectivity index (χ1) is 6.99.